The maximum absolute atomic E-state index is 13.6. The van der Waals surface area contributed by atoms with Gasteiger partial charge in [-0.15, -0.1) is 0 Å². The van der Waals surface area contributed by atoms with Crippen LogP contribution in [-0.2, 0) is 38.2 Å². The first-order chi connectivity index (χ1) is 18.4. The maximum Gasteiger partial charge on any atom is 0.377 e. The first-order valence-electron chi connectivity index (χ1n) is 14.4. The molecule has 10 heteroatoms. The molecule has 8 bridgehead atoms. The van der Waals surface area contributed by atoms with Crippen LogP contribution in [-0.4, -0.2) is 54.7 Å². The number of carbonyl (C=O) groups excluding carboxylic acids is 5. The molecule has 0 radical (unpaired) electrons. The van der Waals surface area contributed by atoms with Crippen molar-refractivity contribution in [2.45, 2.75) is 89.6 Å². The van der Waals surface area contributed by atoms with Crippen LogP contribution >= 0.6 is 0 Å². The molecule has 8 fully saturated rings. The minimum absolute atomic E-state index is 0.0939. The summed E-state index contributed by atoms with van der Waals surface area (Å²) in [5, 5.41) is 0. The zero-order valence-corrected chi connectivity index (χ0v) is 22.3. The molecule has 0 spiro atoms. The number of Topliss-reactive ketones (excluding diaryl/α,β-unsaturated/α-hetero) is 2. The second-order valence-corrected chi connectivity index (χ2v) is 13.5. The summed E-state index contributed by atoms with van der Waals surface area (Å²) in [5.74, 6) is -5.65. The summed E-state index contributed by atoms with van der Waals surface area (Å²) in [6.07, 6.45) is 5.16. The Bertz CT molecular complexity index is 1060. The molecule has 39 heavy (non-hydrogen) atoms. The van der Waals surface area contributed by atoms with Gasteiger partial charge in [-0.1, -0.05) is 0 Å². The molecule has 0 saturated heterocycles. The second-order valence-electron chi connectivity index (χ2n) is 13.5. The Morgan fingerprint density at radius 2 is 1.23 bits per heavy atom. The molecule has 0 aliphatic heterocycles. The van der Waals surface area contributed by atoms with Gasteiger partial charge >= 0.3 is 23.8 Å². The molecule has 0 N–H and O–H groups in total. The molecule has 8 nitrogen and oxygen atoms in total. The van der Waals surface area contributed by atoms with Crippen LogP contribution in [0.5, 0.6) is 0 Å². The molecule has 0 amide bonds. The third-order valence-corrected chi connectivity index (χ3v) is 10.6. The van der Waals surface area contributed by atoms with Crippen LogP contribution in [0.2, 0.25) is 0 Å². The Morgan fingerprint density at radius 3 is 1.67 bits per heavy atom. The van der Waals surface area contributed by atoms with Gasteiger partial charge in [0, 0.05) is 37.0 Å². The number of hydrogen-bond acceptors (Lipinski definition) is 8. The quantitative estimate of drug-likeness (QED) is 0.315. The highest BCUT2D eigenvalue weighted by atomic mass is 19.3. The number of alkyl halides is 2. The van der Waals surface area contributed by atoms with Crippen LogP contribution in [0.4, 0.5) is 8.78 Å². The molecule has 8 saturated carbocycles. The van der Waals surface area contributed by atoms with Crippen molar-refractivity contribution in [3.8, 4) is 0 Å². The highest BCUT2D eigenvalue weighted by Gasteiger charge is 2.60. The van der Waals surface area contributed by atoms with E-state index in [0.717, 1.165) is 25.7 Å². The molecule has 0 aromatic rings. The van der Waals surface area contributed by atoms with Gasteiger partial charge in [0.25, 0.3) is 0 Å². The lowest BCUT2D eigenvalue weighted by atomic mass is 9.49. The summed E-state index contributed by atoms with van der Waals surface area (Å²) in [5.41, 5.74) is -1.44. The topological polar surface area (TPSA) is 113 Å². The first kappa shape index (κ1) is 26.8. The van der Waals surface area contributed by atoms with Gasteiger partial charge in [0.2, 0.25) is 0 Å². The van der Waals surface area contributed by atoms with Gasteiger partial charge in [0.15, 0.2) is 0 Å². The van der Waals surface area contributed by atoms with E-state index in [-0.39, 0.29) is 48.3 Å². The van der Waals surface area contributed by atoms with Crippen LogP contribution in [0.1, 0.15) is 77.6 Å². The van der Waals surface area contributed by atoms with Crippen molar-refractivity contribution in [2.24, 2.45) is 46.3 Å². The Balaban J connectivity index is 1.07. The lowest BCUT2D eigenvalue weighted by molar-refractivity contribution is -0.188. The molecule has 5 atom stereocenters. The summed E-state index contributed by atoms with van der Waals surface area (Å²) in [6.45, 7) is -0.190. The van der Waals surface area contributed by atoms with E-state index < -0.39 is 47.4 Å². The van der Waals surface area contributed by atoms with Gasteiger partial charge in [0.1, 0.15) is 24.3 Å². The first-order valence-corrected chi connectivity index (χ1v) is 14.4. The molecule has 5 unspecified atom stereocenters. The predicted octanol–water partition coefficient (Wildman–Crippen LogP) is 3.82. The normalized spacial score (nSPS) is 40.5. The van der Waals surface area contributed by atoms with Crippen LogP contribution in [0.25, 0.3) is 0 Å². The van der Waals surface area contributed by atoms with E-state index in [2.05, 4.69) is 0 Å². The number of rotatable bonds is 9. The molecule has 8 aliphatic carbocycles. The van der Waals surface area contributed by atoms with Crippen molar-refractivity contribution in [1.82, 2.24) is 0 Å². The Labute approximate surface area is 225 Å². The van der Waals surface area contributed by atoms with Crippen molar-refractivity contribution in [3.05, 3.63) is 0 Å². The number of esters is 3. The van der Waals surface area contributed by atoms with Gasteiger partial charge in [-0.05, 0) is 76.0 Å². The van der Waals surface area contributed by atoms with Crippen LogP contribution in [0.3, 0.4) is 0 Å². The molecular weight excluding hydrogens is 514 g/mol. The van der Waals surface area contributed by atoms with Crippen LogP contribution < -0.4 is 0 Å². The van der Waals surface area contributed by atoms with Gasteiger partial charge in [0.05, 0.1) is 17.4 Å². The van der Waals surface area contributed by atoms with E-state index >= 15 is 0 Å². The third-order valence-electron chi connectivity index (χ3n) is 10.6. The lowest BCUT2D eigenvalue weighted by Crippen LogP contribution is -2.55. The van der Waals surface area contributed by atoms with E-state index in [1.54, 1.807) is 0 Å². The van der Waals surface area contributed by atoms with Gasteiger partial charge in [-0.25, -0.2) is 4.79 Å². The van der Waals surface area contributed by atoms with Crippen molar-refractivity contribution < 1.29 is 47.0 Å². The van der Waals surface area contributed by atoms with E-state index in [9.17, 15) is 32.8 Å². The molecule has 8 rings (SSSR count). The molecule has 214 valence electrons. The fourth-order valence-corrected chi connectivity index (χ4v) is 9.18. The largest absolute Gasteiger partial charge is 0.465 e. The van der Waals surface area contributed by atoms with Crippen molar-refractivity contribution in [1.29, 1.82) is 0 Å². The molecular formula is C29H36F2O8. The standard InChI is InChI=1S/C29H36F2O8/c1-27(30,31)24(34)39-21(14-38-26(36)29-9-16-6-19(12-29)23(33)20(7-16)13-29)2-3-37-25(35)28-8-15-4-17(10-28)22(32)18(5-15)11-28/h15-21H,2-14H2,1H3. The fourth-order valence-electron chi connectivity index (χ4n) is 9.18. The molecule has 0 heterocycles. The summed E-state index contributed by atoms with van der Waals surface area (Å²) in [6, 6.07) is 0. The second kappa shape index (κ2) is 9.33. The van der Waals surface area contributed by atoms with Gasteiger partial charge < -0.3 is 14.2 Å². The Morgan fingerprint density at radius 1 is 0.795 bits per heavy atom. The molecule has 0 aromatic carbocycles. The van der Waals surface area contributed by atoms with E-state index in [1.165, 1.54) is 0 Å². The summed E-state index contributed by atoms with van der Waals surface area (Å²) in [7, 11) is 0. The predicted molar refractivity (Wildman–Crippen MR) is 129 cm³/mol. The number of halogens is 2. The zero-order valence-electron chi connectivity index (χ0n) is 22.3. The number of ether oxygens (including phenoxy) is 3. The van der Waals surface area contributed by atoms with Crippen LogP contribution in [0.15, 0.2) is 0 Å². The zero-order chi connectivity index (χ0) is 27.7. The van der Waals surface area contributed by atoms with Crippen molar-refractivity contribution in [2.75, 3.05) is 13.2 Å². The van der Waals surface area contributed by atoms with Crippen molar-refractivity contribution in [3.63, 3.8) is 0 Å². The van der Waals surface area contributed by atoms with Crippen LogP contribution in [0, 0.1) is 46.3 Å². The van der Waals surface area contributed by atoms with E-state index in [1.807, 2.05) is 0 Å². The third kappa shape index (κ3) is 4.69. The lowest BCUT2D eigenvalue weighted by Gasteiger charge is -2.54. The number of carbonyl (C=O) groups is 5. The summed E-state index contributed by atoms with van der Waals surface area (Å²) < 4.78 is 43.3. The van der Waals surface area contributed by atoms with Gasteiger partial charge in [-0.2, -0.15) is 8.78 Å². The molecule has 0 aromatic heterocycles. The maximum atomic E-state index is 13.6. The smallest absolute Gasteiger partial charge is 0.377 e. The monoisotopic (exact) mass is 550 g/mol. The SMILES string of the molecule is CC(F)(F)C(=O)OC(CCOC(=O)C12CC3CC(C1)C(=O)C(C3)C2)COC(=O)C12CC3CC(C1)C(=O)C(C3)C2. The molecule has 8 aliphatic rings. The fraction of sp³-hybridized carbons (Fsp3) is 0.828. The summed E-state index contributed by atoms with van der Waals surface area (Å²) >= 11 is 0. The van der Waals surface area contributed by atoms with Crippen molar-refractivity contribution >= 4 is 29.5 Å². The van der Waals surface area contributed by atoms with E-state index in [4.69, 9.17) is 14.2 Å². The average molecular weight is 551 g/mol. The Kier molecular flexibility index (Phi) is 6.42. The minimum atomic E-state index is -3.73. The number of hydrogen-bond donors (Lipinski definition) is 0. The van der Waals surface area contributed by atoms with E-state index in [0.29, 0.717) is 57.3 Å². The minimum Gasteiger partial charge on any atom is -0.465 e. The highest BCUT2D eigenvalue weighted by molar-refractivity contribution is 5.90. The highest BCUT2D eigenvalue weighted by Crippen LogP contribution is 2.60. The summed E-state index contributed by atoms with van der Waals surface area (Å²) in [4.78, 5) is 63.2. The average Bonchev–Trinajstić information content (AvgIpc) is 2.86. The Hall–Kier alpha value is -2.39. The van der Waals surface area contributed by atoms with Gasteiger partial charge in [-0.3, -0.25) is 19.2 Å². The number of ketones is 2.